The molecular formula is C18H19N3O2. The smallest absolute Gasteiger partial charge is 0.231 e. The lowest BCUT2D eigenvalue weighted by Gasteiger charge is -2.03. The lowest BCUT2D eigenvalue weighted by molar-refractivity contribution is 0.317. The third kappa shape index (κ3) is 3.88. The Morgan fingerprint density at radius 2 is 1.78 bits per heavy atom. The molecule has 1 heterocycles. The zero-order valence-electron chi connectivity index (χ0n) is 13.0. The standard InChI is InChI=1S/C18H19N3O2/c1-2-11-22-16-9-5-14(6-10-16)18-20-17(23-21-18)12-13-3-7-15(19)8-4-13/h3-10H,2,11-12,19H2,1H3. The fraction of sp³-hybridized carbons (Fsp3) is 0.222. The van der Waals surface area contributed by atoms with E-state index in [9.17, 15) is 0 Å². The van der Waals surface area contributed by atoms with Crippen LogP contribution in [0.25, 0.3) is 11.4 Å². The van der Waals surface area contributed by atoms with Crippen LogP contribution in [0.2, 0.25) is 0 Å². The number of anilines is 1. The maximum absolute atomic E-state index is 5.68. The number of hydrogen-bond acceptors (Lipinski definition) is 5. The first-order chi connectivity index (χ1) is 11.2. The Kier molecular flexibility index (Phi) is 4.57. The topological polar surface area (TPSA) is 74.2 Å². The molecule has 3 rings (SSSR count). The van der Waals surface area contributed by atoms with Crippen LogP contribution in [0.3, 0.4) is 0 Å². The molecule has 0 aliphatic carbocycles. The molecule has 0 bridgehead atoms. The van der Waals surface area contributed by atoms with Gasteiger partial charge in [-0.3, -0.25) is 0 Å². The van der Waals surface area contributed by atoms with Crippen molar-refractivity contribution in [2.75, 3.05) is 12.3 Å². The number of nitrogens with zero attached hydrogens (tertiary/aromatic N) is 2. The van der Waals surface area contributed by atoms with Gasteiger partial charge in [0.25, 0.3) is 0 Å². The van der Waals surface area contributed by atoms with E-state index in [2.05, 4.69) is 17.1 Å². The summed E-state index contributed by atoms with van der Waals surface area (Å²) in [6.07, 6.45) is 1.58. The van der Waals surface area contributed by atoms with Gasteiger partial charge in [0.2, 0.25) is 11.7 Å². The van der Waals surface area contributed by atoms with Crippen molar-refractivity contribution in [3.8, 4) is 17.1 Å². The van der Waals surface area contributed by atoms with E-state index in [1.165, 1.54) is 0 Å². The van der Waals surface area contributed by atoms with Gasteiger partial charge in [0.05, 0.1) is 13.0 Å². The Morgan fingerprint density at radius 3 is 2.48 bits per heavy atom. The minimum Gasteiger partial charge on any atom is -0.494 e. The van der Waals surface area contributed by atoms with Gasteiger partial charge in [-0.05, 0) is 48.4 Å². The monoisotopic (exact) mass is 309 g/mol. The fourth-order valence-corrected chi connectivity index (χ4v) is 2.17. The minimum absolute atomic E-state index is 0.580. The summed E-state index contributed by atoms with van der Waals surface area (Å²) >= 11 is 0. The predicted octanol–water partition coefficient (Wildman–Crippen LogP) is 3.70. The first-order valence-corrected chi connectivity index (χ1v) is 7.65. The van der Waals surface area contributed by atoms with Crippen LogP contribution in [0.1, 0.15) is 24.8 Å². The molecule has 0 spiro atoms. The van der Waals surface area contributed by atoms with E-state index in [1.54, 1.807) is 0 Å². The van der Waals surface area contributed by atoms with Gasteiger partial charge in [-0.25, -0.2) is 0 Å². The highest BCUT2D eigenvalue weighted by Crippen LogP contribution is 2.21. The molecule has 0 radical (unpaired) electrons. The third-order valence-corrected chi connectivity index (χ3v) is 3.39. The summed E-state index contributed by atoms with van der Waals surface area (Å²) in [5, 5.41) is 4.04. The summed E-state index contributed by atoms with van der Waals surface area (Å²) in [6, 6.07) is 15.3. The second kappa shape index (κ2) is 6.96. The summed E-state index contributed by atoms with van der Waals surface area (Å²) in [5.41, 5.74) is 8.41. The highest BCUT2D eigenvalue weighted by Gasteiger charge is 2.09. The lowest BCUT2D eigenvalue weighted by atomic mass is 10.1. The SMILES string of the molecule is CCCOc1ccc(-c2noc(Cc3ccc(N)cc3)n2)cc1. The van der Waals surface area contributed by atoms with Crippen LogP contribution < -0.4 is 10.5 Å². The van der Waals surface area contributed by atoms with Crippen molar-refractivity contribution in [1.29, 1.82) is 0 Å². The van der Waals surface area contributed by atoms with Crippen LogP contribution in [0.15, 0.2) is 53.1 Å². The Bertz CT molecular complexity index is 749. The van der Waals surface area contributed by atoms with Crippen LogP contribution in [0.4, 0.5) is 5.69 Å². The molecule has 0 atom stereocenters. The van der Waals surface area contributed by atoms with E-state index in [1.807, 2.05) is 48.5 Å². The number of nitrogens with two attached hydrogens (primary N) is 1. The molecule has 0 aliphatic heterocycles. The Morgan fingerprint density at radius 1 is 1.04 bits per heavy atom. The lowest BCUT2D eigenvalue weighted by Crippen LogP contribution is -1.94. The molecular weight excluding hydrogens is 290 g/mol. The fourth-order valence-electron chi connectivity index (χ4n) is 2.17. The van der Waals surface area contributed by atoms with Gasteiger partial charge in [-0.1, -0.05) is 24.2 Å². The van der Waals surface area contributed by atoms with Gasteiger partial charge in [0, 0.05) is 11.3 Å². The molecule has 3 aromatic rings. The molecule has 5 heteroatoms. The number of aromatic nitrogens is 2. The van der Waals surface area contributed by atoms with Crippen molar-refractivity contribution in [2.45, 2.75) is 19.8 Å². The normalized spacial score (nSPS) is 10.7. The van der Waals surface area contributed by atoms with Crippen LogP contribution in [0, 0.1) is 0 Å². The van der Waals surface area contributed by atoms with Gasteiger partial charge in [0.15, 0.2) is 0 Å². The summed E-state index contributed by atoms with van der Waals surface area (Å²) in [6.45, 7) is 2.80. The highest BCUT2D eigenvalue weighted by molar-refractivity contribution is 5.55. The van der Waals surface area contributed by atoms with Gasteiger partial charge < -0.3 is 15.0 Å². The Labute approximate surface area is 135 Å². The van der Waals surface area contributed by atoms with E-state index in [-0.39, 0.29) is 0 Å². The summed E-state index contributed by atoms with van der Waals surface area (Å²) in [4.78, 5) is 4.44. The van der Waals surface area contributed by atoms with Crippen molar-refractivity contribution >= 4 is 5.69 Å². The van der Waals surface area contributed by atoms with E-state index >= 15 is 0 Å². The second-order valence-corrected chi connectivity index (χ2v) is 5.30. The molecule has 0 saturated heterocycles. The van der Waals surface area contributed by atoms with Gasteiger partial charge >= 0.3 is 0 Å². The highest BCUT2D eigenvalue weighted by atomic mass is 16.5. The maximum Gasteiger partial charge on any atom is 0.231 e. The molecule has 5 nitrogen and oxygen atoms in total. The van der Waals surface area contributed by atoms with E-state index < -0.39 is 0 Å². The molecule has 0 amide bonds. The number of rotatable bonds is 6. The van der Waals surface area contributed by atoms with Crippen molar-refractivity contribution in [3.05, 3.63) is 60.0 Å². The van der Waals surface area contributed by atoms with Crippen molar-refractivity contribution in [2.24, 2.45) is 0 Å². The van der Waals surface area contributed by atoms with Crippen molar-refractivity contribution in [3.63, 3.8) is 0 Å². The molecule has 0 fully saturated rings. The first-order valence-electron chi connectivity index (χ1n) is 7.65. The third-order valence-electron chi connectivity index (χ3n) is 3.39. The minimum atomic E-state index is 0.580. The quantitative estimate of drug-likeness (QED) is 0.703. The molecule has 118 valence electrons. The van der Waals surface area contributed by atoms with Crippen LogP contribution in [-0.2, 0) is 6.42 Å². The molecule has 0 unspecified atom stereocenters. The van der Waals surface area contributed by atoms with Gasteiger partial charge in [-0.2, -0.15) is 4.98 Å². The largest absolute Gasteiger partial charge is 0.494 e. The zero-order valence-corrected chi connectivity index (χ0v) is 13.0. The van der Waals surface area contributed by atoms with Crippen LogP contribution in [0.5, 0.6) is 5.75 Å². The van der Waals surface area contributed by atoms with Crippen molar-refractivity contribution < 1.29 is 9.26 Å². The number of ether oxygens (including phenoxy) is 1. The first kappa shape index (κ1) is 15.1. The predicted molar refractivity (Wildman–Crippen MR) is 89.2 cm³/mol. The second-order valence-electron chi connectivity index (χ2n) is 5.30. The molecule has 2 N–H and O–H groups in total. The molecule has 0 aliphatic rings. The van der Waals surface area contributed by atoms with Crippen LogP contribution in [-0.4, -0.2) is 16.7 Å². The van der Waals surface area contributed by atoms with Crippen molar-refractivity contribution in [1.82, 2.24) is 10.1 Å². The molecule has 1 aromatic heterocycles. The Balaban J connectivity index is 1.69. The molecule has 2 aromatic carbocycles. The molecule has 0 saturated carbocycles. The number of nitrogen functional groups attached to an aromatic ring is 1. The van der Waals surface area contributed by atoms with E-state index in [0.29, 0.717) is 24.7 Å². The number of benzene rings is 2. The van der Waals surface area contributed by atoms with Crippen LogP contribution >= 0.6 is 0 Å². The maximum atomic E-state index is 5.68. The van der Waals surface area contributed by atoms with E-state index in [4.69, 9.17) is 15.0 Å². The van der Waals surface area contributed by atoms with Gasteiger partial charge in [-0.15, -0.1) is 0 Å². The molecule has 23 heavy (non-hydrogen) atoms. The van der Waals surface area contributed by atoms with E-state index in [0.717, 1.165) is 29.0 Å². The van der Waals surface area contributed by atoms with Gasteiger partial charge in [0.1, 0.15) is 5.75 Å². The number of hydrogen-bond donors (Lipinski definition) is 1. The average molecular weight is 309 g/mol. The summed E-state index contributed by atoms with van der Waals surface area (Å²) < 4.78 is 10.9. The summed E-state index contributed by atoms with van der Waals surface area (Å²) in [5.74, 6) is 2.01. The Hall–Kier alpha value is -2.82. The average Bonchev–Trinajstić information content (AvgIpc) is 3.04. The summed E-state index contributed by atoms with van der Waals surface area (Å²) in [7, 11) is 0. The zero-order chi connectivity index (χ0) is 16.1.